The molecular formula is C29H26N2S. The van der Waals surface area contributed by atoms with E-state index < -0.39 is 0 Å². The molecule has 0 saturated heterocycles. The zero-order valence-corrected chi connectivity index (χ0v) is 19.6. The lowest BCUT2D eigenvalue weighted by Gasteiger charge is -2.19. The van der Waals surface area contributed by atoms with Crippen molar-refractivity contribution in [2.75, 3.05) is 0 Å². The third-order valence-corrected chi connectivity index (χ3v) is 8.50. The molecule has 3 heteroatoms. The van der Waals surface area contributed by atoms with Crippen LogP contribution in [0.4, 0.5) is 0 Å². The van der Waals surface area contributed by atoms with Crippen LogP contribution < -0.4 is 0 Å². The Hall–Kier alpha value is -2.91. The first kappa shape index (κ1) is 18.6. The first-order valence-corrected chi connectivity index (χ1v) is 12.5. The number of para-hydroxylation sites is 1. The Morgan fingerprint density at radius 1 is 0.875 bits per heavy atom. The molecule has 0 N–H and O–H groups in total. The maximum absolute atomic E-state index is 4.87. The minimum atomic E-state index is 0.143. The smallest absolute Gasteiger partial charge is 0.109 e. The number of benzene rings is 2. The molecule has 2 aromatic carbocycles. The van der Waals surface area contributed by atoms with Gasteiger partial charge in [0.05, 0.1) is 21.6 Å². The molecule has 4 heterocycles. The van der Waals surface area contributed by atoms with E-state index in [4.69, 9.17) is 4.98 Å². The van der Waals surface area contributed by atoms with Crippen molar-refractivity contribution >= 4 is 48.7 Å². The Labute approximate surface area is 191 Å². The largest absolute Gasteiger partial charge is 0.299 e. The van der Waals surface area contributed by atoms with Gasteiger partial charge < -0.3 is 0 Å². The Morgan fingerprint density at radius 3 is 2.53 bits per heavy atom. The minimum absolute atomic E-state index is 0.143. The summed E-state index contributed by atoms with van der Waals surface area (Å²) < 4.78 is 2.51. The fraction of sp³-hybridized carbons (Fsp3) is 0.276. The number of thiophene rings is 1. The van der Waals surface area contributed by atoms with Crippen molar-refractivity contribution in [3.63, 3.8) is 0 Å². The second-order valence-electron chi connectivity index (χ2n) is 10.4. The van der Waals surface area contributed by atoms with E-state index in [0.717, 1.165) is 6.42 Å². The highest BCUT2D eigenvalue weighted by molar-refractivity contribution is 7.22. The average molecular weight is 435 g/mol. The molecule has 0 saturated carbocycles. The van der Waals surface area contributed by atoms with Crippen molar-refractivity contribution in [3.05, 3.63) is 71.4 Å². The van der Waals surface area contributed by atoms with E-state index in [-0.39, 0.29) is 5.41 Å². The lowest BCUT2D eigenvalue weighted by molar-refractivity contribution is 0.591. The van der Waals surface area contributed by atoms with Gasteiger partial charge in [-0.3, -0.25) is 9.38 Å². The first-order chi connectivity index (χ1) is 15.5. The number of nitrogens with zero attached hydrogens (tertiary/aromatic N) is 2. The molecular weight excluding hydrogens is 408 g/mol. The van der Waals surface area contributed by atoms with E-state index >= 15 is 0 Å². The summed E-state index contributed by atoms with van der Waals surface area (Å²) in [5.74, 6) is 0. The Morgan fingerprint density at radius 2 is 1.69 bits per heavy atom. The summed E-state index contributed by atoms with van der Waals surface area (Å²) >= 11 is 1.91. The van der Waals surface area contributed by atoms with Crippen molar-refractivity contribution in [2.24, 2.45) is 0 Å². The third kappa shape index (κ3) is 2.43. The predicted octanol–water partition coefficient (Wildman–Crippen LogP) is 8.14. The molecule has 7 rings (SSSR count). The summed E-state index contributed by atoms with van der Waals surface area (Å²) in [5, 5.41) is 5.45. The number of hydrogen-bond donors (Lipinski definition) is 0. The highest BCUT2D eigenvalue weighted by Gasteiger charge is 2.23. The summed E-state index contributed by atoms with van der Waals surface area (Å²) in [6.07, 6.45) is 6.94. The van der Waals surface area contributed by atoms with Crippen LogP contribution in [0.15, 0.2) is 54.7 Å². The van der Waals surface area contributed by atoms with E-state index in [0.29, 0.717) is 0 Å². The molecule has 0 unspecified atom stereocenters. The van der Waals surface area contributed by atoms with E-state index in [2.05, 4.69) is 73.7 Å². The molecule has 0 radical (unpaired) electrons. The summed E-state index contributed by atoms with van der Waals surface area (Å²) in [5.41, 5.74) is 8.40. The number of fused-ring (bicyclic) bond motifs is 7. The van der Waals surface area contributed by atoms with Gasteiger partial charge in [-0.05, 0) is 72.1 Å². The van der Waals surface area contributed by atoms with E-state index in [1.54, 1.807) is 0 Å². The van der Waals surface area contributed by atoms with E-state index in [1.165, 1.54) is 83.9 Å². The zero-order chi connectivity index (χ0) is 21.6. The van der Waals surface area contributed by atoms with Gasteiger partial charge in [0.2, 0.25) is 0 Å². The van der Waals surface area contributed by atoms with Crippen LogP contribution in [0, 0.1) is 0 Å². The molecule has 0 spiro atoms. The maximum atomic E-state index is 4.87. The molecule has 1 aliphatic carbocycles. The van der Waals surface area contributed by atoms with Gasteiger partial charge in [0.1, 0.15) is 4.83 Å². The lowest BCUT2D eigenvalue weighted by atomic mass is 9.86. The van der Waals surface area contributed by atoms with Gasteiger partial charge in [0.25, 0.3) is 0 Å². The van der Waals surface area contributed by atoms with Crippen molar-refractivity contribution in [1.29, 1.82) is 0 Å². The molecule has 6 aromatic rings. The number of pyridine rings is 1. The van der Waals surface area contributed by atoms with Gasteiger partial charge in [-0.2, -0.15) is 0 Å². The summed E-state index contributed by atoms with van der Waals surface area (Å²) in [6, 6.07) is 18.5. The molecule has 2 nitrogen and oxygen atoms in total. The average Bonchev–Trinajstić information content (AvgIpc) is 3.45. The second kappa shape index (κ2) is 6.32. The van der Waals surface area contributed by atoms with Crippen LogP contribution in [0.2, 0.25) is 0 Å². The van der Waals surface area contributed by atoms with Crippen molar-refractivity contribution in [2.45, 2.75) is 51.9 Å². The van der Waals surface area contributed by atoms with Crippen molar-refractivity contribution in [3.8, 4) is 10.6 Å². The van der Waals surface area contributed by atoms with E-state index in [9.17, 15) is 0 Å². The molecule has 0 atom stereocenters. The zero-order valence-electron chi connectivity index (χ0n) is 18.8. The number of rotatable bonds is 1. The Kier molecular flexibility index (Phi) is 3.68. The highest BCUT2D eigenvalue weighted by Crippen LogP contribution is 2.45. The summed E-state index contributed by atoms with van der Waals surface area (Å²) in [6.45, 7) is 6.88. The molecule has 0 fully saturated rings. The fourth-order valence-electron chi connectivity index (χ4n) is 5.70. The highest BCUT2D eigenvalue weighted by atomic mass is 32.1. The Balaban J connectivity index is 1.55. The first-order valence-electron chi connectivity index (χ1n) is 11.7. The molecule has 32 heavy (non-hydrogen) atoms. The summed E-state index contributed by atoms with van der Waals surface area (Å²) in [7, 11) is 0. The quantitative estimate of drug-likeness (QED) is 0.255. The van der Waals surface area contributed by atoms with Crippen LogP contribution >= 0.6 is 11.3 Å². The normalized spacial score (nSPS) is 14.8. The van der Waals surface area contributed by atoms with Crippen LogP contribution in [0.5, 0.6) is 0 Å². The van der Waals surface area contributed by atoms with Crippen LogP contribution in [-0.4, -0.2) is 9.38 Å². The van der Waals surface area contributed by atoms with Crippen LogP contribution in [0.3, 0.4) is 0 Å². The predicted molar refractivity (Wildman–Crippen MR) is 138 cm³/mol. The lowest BCUT2D eigenvalue weighted by Crippen LogP contribution is -2.10. The van der Waals surface area contributed by atoms with Gasteiger partial charge in [0, 0.05) is 27.7 Å². The topological polar surface area (TPSA) is 17.3 Å². The maximum Gasteiger partial charge on any atom is 0.109 e. The standard InChI is InChI=1S/C29H26N2S/c1-29(2,3)18-11-12-24-22(15-18)20-9-6-10-21-23-16-25(32-28(23)31(24)27(20)21)26-19-8-5-4-7-17(19)13-14-30-26/h6,9-16H,4-5,7-8H2,1-3H3. The molecule has 158 valence electrons. The Bertz CT molecular complexity index is 1660. The third-order valence-electron chi connectivity index (χ3n) is 7.37. The molecule has 0 amide bonds. The SMILES string of the molecule is CC(C)(C)c1ccc2c(c1)c1cccc3c4cc(-c5nccc6c5CCCC6)sc4n2c13. The molecule has 4 aromatic heterocycles. The fourth-order valence-corrected chi connectivity index (χ4v) is 6.91. The van der Waals surface area contributed by atoms with Gasteiger partial charge in [-0.1, -0.05) is 45.0 Å². The van der Waals surface area contributed by atoms with Gasteiger partial charge in [-0.15, -0.1) is 11.3 Å². The van der Waals surface area contributed by atoms with Gasteiger partial charge in [0.15, 0.2) is 0 Å². The minimum Gasteiger partial charge on any atom is -0.299 e. The summed E-state index contributed by atoms with van der Waals surface area (Å²) in [4.78, 5) is 7.53. The van der Waals surface area contributed by atoms with Crippen LogP contribution in [0.1, 0.15) is 50.3 Å². The molecule has 1 aliphatic rings. The molecule has 0 aliphatic heterocycles. The monoisotopic (exact) mass is 434 g/mol. The number of aryl methyl sites for hydroxylation is 1. The van der Waals surface area contributed by atoms with Crippen molar-refractivity contribution in [1.82, 2.24) is 9.38 Å². The van der Waals surface area contributed by atoms with Crippen molar-refractivity contribution < 1.29 is 0 Å². The van der Waals surface area contributed by atoms with Crippen LogP contribution in [-0.2, 0) is 18.3 Å². The molecule has 0 bridgehead atoms. The van der Waals surface area contributed by atoms with E-state index in [1.807, 2.05) is 17.5 Å². The number of hydrogen-bond acceptors (Lipinski definition) is 2. The second-order valence-corrected chi connectivity index (χ2v) is 11.4. The van der Waals surface area contributed by atoms with Gasteiger partial charge >= 0.3 is 0 Å². The number of aromatic nitrogens is 2. The van der Waals surface area contributed by atoms with Crippen LogP contribution in [0.25, 0.3) is 48.0 Å². The van der Waals surface area contributed by atoms with Gasteiger partial charge in [-0.25, -0.2) is 0 Å².